The summed E-state index contributed by atoms with van der Waals surface area (Å²) in [4.78, 5) is 0. The fourth-order valence-corrected chi connectivity index (χ4v) is 1.67. The highest BCUT2D eigenvalue weighted by molar-refractivity contribution is 5.45. The monoisotopic (exact) mass is 232 g/mol. The van der Waals surface area contributed by atoms with Crippen LogP contribution < -0.4 is 10.1 Å². The molecule has 92 valence electrons. The summed E-state index contributed by atoms with van der Waals surface area (Å²) in [7, 11) is 1.59. The molecule has 0 saturated heterocycles. The second-order valence-electron chi connectivity index (χ2n) is 4.03. The average molecular weight is 232 g/mol. The van der Waals surface area contributed by atoms with Crippen molar-refractivity contribution in [2.24, 2.45) is 0 Å². The van der Waals surface area contributed by atoms with Crippen molar-refractivity contribution in [2.45, 2.75) is 32.7 Å². The summed E-state index contributed by atoms with van der Waals surface area (Å²) in [6, 6.07) is 7.81. The molecule has 1 aromatic carbocycles. The quantitative estimate of drug-likeness (QED) is 0.735. The second kappa shape index (κ2) is 7.70. The maximum Gasteiger partial charge on any atom is 0.136 e. The SMILES string of the molecule is CCCCCNCc1ccc(C#N)c(OC)c1. The highest BCUT2D eigenvalue weighted by atomic mass is 16.5. The smallest absolute Gasteiger partial charge is 0.136 e. The van der Waals surface area contributed by atoms with Gasteiger partial charge in [-0.1, -0.05) is 25.8 Å². The van der Waals surface area contributed by atoms with Crippen LogP contribution in [0.25, 0.3) is 0 Å². The molecule has 0 aliphatic carbocycles. The first-order chi connectivity index (χ1) is 8.31. The van der Waals surface area contributed by atoms with Crippen molar-refractivity contribution in [3.8, 4) is 11.8 Å². The van der Waals surface area contributed by atoms with Crippen LogP contribution in [-0.4, -0.2) is 13.7 Å². The van der Waals surface area contributed by atoms with Crippen molar-refractivity contribution in [1.82, 2.24) is 5.32 Å². The van der Waals surface area contributed by atoms with Gasteiger partial charge in [0.1, 0.15) is 11.8 Å². The molecule has 0 aromatic heterocycles. The van der Waals surface area contributed by atoms with Gasteiger partial charge < -0.3 is 10.1 Å². The highest BCUT2D eigenvalue weighted by Crippen LogP contribution is 2.18. The molecule has 0 saturated carbocycles. The van der Waals surface area contributed by atoms with Crippen molar-refractivity contribution in [3.05, 3.63) is 29.3 Å². The van der Waals surface area contributed by atoms with Crippen LogP contribution in [0.1, 0.15) is 37.3 Å². The molecule has 0 unspecified atom stereocenters. The van der Waals surface area contributed by atoms with E-state index in [1.54, 1.807) is 7.11 Å². The Bertz CT molecular complexity index is 382. The zero-order chi connectivity index (χ0) is 12.5. The van der Waals surface area contributed by atoms with E-state index in [9.17, 15) is 0 Å². The van der Waals surface area contributed by atoms with Crippen molar-refractivity contribution in [2.75, 3.05) is 13.7 Å². The van der Waals surface area contributed by atoms with Crippen molar-refractivity contribution in [1.29, 1.82) is 5.26 Å². The Morgan fingerprint density at radius 1 is 1.35 bits per heavy atom. The lowest BCUT2D eigenvalue weighted by Crippen LogP contribution is -2.14. The molecular weight excluding hydrogens is 212 g/mol. The molecule has 1 aromatic rings. The van der Waals surface area contributed by atoms with E-state index in [1.165, 1.54) is 19.3 Å². The van der Waals surface area contributed by atoms with E-state index in [0.29, 0.717) is 11.3 Å². The number of benzene rings is 1. The van der Waals surface area contributed by atoms with Gasteiger partial charge in [-0.25, -0.2) is 0 Å². The first-order valence-corrected chi connectivity index (χ1v) is 6.09. The molecule has 0 atom stereocenters. The Kier molecular flexibility index (Phi) is 6.13. The Labute approximate surface area is 103 Å². The minimum atomic E-state index is 0.585. The van der Waals surface area contributed by atoms with Crippen LogP contribution >= 0.6 is 0 Å². The third-order valence-corrected chi connectivity index (χ3v) is 2.67. The van der Waals surface area contributed by atoms with Crippen LogP contribution in [0.15, 0.2) is 18.2 Å². The molecule has 0 fully saturated rings. The number of rotatable bonds is 7. The van der Waals surface area contributed by atoms with Gasteiger partial charge >= 0.3 is 0 Å². The average Bonchev–Trinajstić information content (AvgIpc) is 2.38. The summed E-state index contributed by atoms with van der Waals surface area (Å²) in [5.74, 6) is 0.653. The number of methoxy groups -OCH3 is 1. The van der Waals surface area contributed by atoms with E-state index in [0.717, 1.165) is 18.7 Å². The number of unbranched alkanes of at least 4 members (excludes halogenated alkanes) is 2. The second-order valence-corrected chi connectivity index (χ2v) is 4.03. The van der Waals surface area contributed by atoms with Gasteiger partial charge in [0.15, 0.2) is 0 Å². The number of hydrogen-bond acceptors (Lipinski definition) is 3. The number of hydrogen-bond donors (Lipinski definition) is 1. The largest absolute Gasteiger partial charge is 0.495 e. The van der Waals surface area contributed by atoms with E-state index >= 15 is 0 Å². The fraction of sp³-hybridized carbons (Fsp3) is 0.500. The van der Waals surface area contributed by atoms with Crippen molar-refractivity contribution in [3.63, 3.8) is 0 Å². The van der Waals surface area contributed by atoms with E-state index in [-0.39, 0.29) is 0 Å². The molecule has 3 nitrogen and oxygen atoms in total. The zero-order valence-electron chi connectivity index (χ0n) is 10.6. The summed E-state index contributed by atoms with van der Waals surface area (Å²) in [5.41, 5.74) is 1.74. The molecule has 0 heterocycles. The lowest BCUT2D eigenvalue weighted by atomic mass is 10.1. The van der Waals surface area contributed by atoms with Gasteiger partial charge in [-0.15, -0.1) is 0 Å². The predicted octanol–water partition coefficient (Wildman–Crippen LogP) is 2.85. The zero-order valence-corrected chi connectivity index (χ0v) is 10.6. The molecule has 1 rings (SSSR count). The summed E-state index contributed by atoms with van der Waals surface area (Å²) < 4.78 is 5.17. The van der Waals surface area contributed by atoms with Crippen LogP contribution in [0.3, 0.4) is 0 Å². The first kappa shape index (κ1) is 13.5. The maximum absolute atomic E-state index is 8.87. The van der Waals surface area contributed by atoms with E-state index < -0.39 is 0 Å². The van der Waals surface area contributed by atoms with Crippen molar-refractivity contribution >= 4 is 0 Å². The lowest BCUT2D eigenvalue weighted by Gasteiger charge is -2.07. The first-order valence-electron chi connectivity index (χ1n) is 6.09. The van der Waals surface area contributed by atoms with E-state index in [1.807, 2.05) is 18.2 Å². The normalized spacial score (nSPS) is 9.94. The van der Waals surface area contributed by atoms with Gasteiger partial charge in [0, 0.05) is 6.54 Å². The number of nitrogens with zero attached hydrogens (tertiary/aromatic N) is 1. The standard InChI is InChI=1S/C14H20N2O/c1-3-4-5-8-16-11-12-6-7-13(10-15)14(9-12)17-2/h6-7,9,16H,3-5,8,11H2,1-2H3. The number of ether oxygens (including phenoxy) is 1. The summed E-state index contributed by atoms with van der Waals surface area (Å²) in [6.45, 7) is 4.06. The van der Waals surface area contributed by atoms with Crippen LogP contribution in [0.2, 0.25) is 0 Å². The van der Waals surface area contributed by atoms with Crippen LogP contribution in [0.4, 0.5) is 0 Å². The Balaban J connectivity index is 2.47. The van der Waals surface area contributed by atoms with Gasteiger partial charge in [-0.2, -0.15) is 5.26 Å². The summed E-state index contributed by atoms with van der Waals surface area (Å²) in [5, 5.41) is 12.3. The molecular formula is C14H20N2O. The van der Waals surface area contributed by atoms with Gasteiger partial charge in [-0.3, -0.25) is 0 Å². The third kappa shape index (κ3) is 4.46. The molecule has 0 aliphatic rings. The summed E-state index contributed by atoms with van der Waals surface area (Å²) >= 11 is 0. The Morgan fingerprint density at radius 3 is 2.82 bits per heavy atom. The molecule has 0 amide bonds. The number of nitriles is 1. The fourth-order valence-electron chi connectivity index (χ4n) is 1.67. The van der Waals surface area contributed by atoms with Gasteiger partial charge in [0.05, 0.1) is 12.7 Å². The van der Waals surface area contributed by atoms with Crippen LogP contribution in [0, 0.1) is 11.3 Å². The molecule has 17 heavy (non-hydrogen) atoms. The molecule has 1 N–H and O–H groups in total. The minimum Gasteiger partial charge on any atom is -0.495 e. The topological polar surface area (TPSA) is 45.0 Å². The van der Waals surface area contributed by atoms with Gasteiger partial charge in [0.25, 0.3) is 0 Å². The maximum atomic E-state index is 8.87. The predicted molar refractivity (Wildman–Crippen MR) is 68.9 cm³/mol. The Hall–Kier alpha value is -1.53. The number of nitrogens with one attached hydrogen (secondary N) is 1. The van der Waals surface area contributed by atoms with Gasteiger partial charge in [0.2, 0.25) is 0 Å². The minimum absolute atomic E-state index is 0.585. The molecule has 0 bridgehead atoms. The third-order valence-electron chi connectivity index (χ3n) is 2.67. The van der Waals surface area contributed by atoms with Crippen LogP contribution in [-0.2, 0) is 6.54 Å². The summed E-state index contributed by atoms with van der Waals surface area (Å²) in [6.07, 6.45) is 3.72. The van der Waals surface area contributed by atoms with Gasteiger partial charge in [-0.05, 0) is 30.7 Å². The van der Waals surface area contributed by atoms with Crippen molar-refractivity contribution < 1.29 is 4.74 Å². The highest BCUT2D eigenvalue weighted by Gasteiger charge is 2.03. The molecule has 0 aliphatic heterocycles. The van der Waals surface area contributed by atoms with E-state index in [2.05, 4.69) is 18.3 Å². The van der Waals surface area contributed by atoms with Crippen LogP contribution in [0.5, 0.6) is 5.75 Å². The molecule has 0 spiro atoms. The Morgan fingerprint density at radius 2 is 2.18 bits per heavy atom. The molecule has 3 heteroatoms. The van der Waals surface area contributed by atoms with E-state index in [4.69, 9.17) is 10.00 Å². The molecule has 0 radical (unpaired) electrons. The lowest BCUT2D eigenvalue weighted by molar-refractivity contribution is 0.412.